The van der Waals surface area contributed by atoms with Gasteiger partial charge in [0.25, 0.3) is 0 Å². The zero-order chi connectivity index (χ0) is 23.9. The van der Waals surface area contributed by atoms with E-state index in [0.29, 0.717) is 36.0 Å². The van der Waals surface area contributed by atoms with Gasteiger partial charge in [-0.2, -0.15) is 9.97 Å². The third-order valence-corrected chi connectivity index (χ3v) is 6.68. The molecule has 184 valence electrons. The van der Waals surface area contributed by atoms with Crippen LogP contribution in [0.25, 0.3) is 0 Å². The summed E-state index contributed by atoms with van der Waals surface area (Å²) in [7, 11) is 1.68. The summed E-state index contributed by atoms with van der Waals surface area (Å²) in [6, 6.07) is 12.8. The van der Waals surface area contributed by atoms with Gasteiger partial charge >= 0.3 is 0 Å². The molecule has 0 bridgehead atoms. The Hall–Kier alpha value is -2.65. The summed E-state index contributed by atoms with van der Waals surface area (Å²) >= 11 is 5.46. The Labute approximate surface area is 208 Å². The molecule has 34 heavy (non-hydrogen) atoms. The van der Waals surface area contributed by atoms with Gasteiger partial charge < -0.3 is 30.1 Å². The van der Waals surface area contributed by atoms with Crippen LogP contribution in [0.3, 0.4) is 0 Å². The minimum Gasteiger partial charge on any atom is -0.383 e. The second-order valence-electron chi connectivity index (χ2n) is 9.44. The van der Waals surface area contributed by atoms with Gasteiger partial charge in [0.05, 0.1) is 6.61 Å². The third kappa shape index (κ3) is 6.48. The van der Waals surface area contributed by atoms with Crippen LogP contribution in [0.2, 0.25) is 0 Å². The van der Waals surface area contributed by atoms with Crippen LogP contribution in [-0.4, -0.2) is 74.6 Å². The lowest BCUT2D eigenvalue weighted by molar-refractivity contribution is 0.204. The molecule has 2 atom stereocenters. The van der Waals surface area contributed by atoms with Gasteiger partial charge in [0.2, 0.25) is 5.95 Å². The number of nitrogens with one attached hydrogen (secondary N) is 2. The van der Waals surface area contributed by atoms with Crippen LogP contribution in [0.4, 0.5) is 23.3 Å². The predicted octanol–water partition coefficient (Wildman–Crippen LogP) is 3.22. The zero-order valence-electron chi connectivity index (χ0n) is 20.5. The third-order valence-electron chi connectivity index (χ3n) is 6.43. The van der Waals surface area contributed by atoms with Gasteiger partial charge in [-0.25, -0.2) is 0 Å². The molecule has 2 aliphatic rings. The first-order valence-electron chi connectivity index (χ1n) is 12.2. The summed E-state index contributed by atoms with van der Waals surface area (Å²) in [6.45, 7) is 11.6. The number of thiocarbonyl (C=S) groups is 1. The van der Waals surface area contributed by atoms with Crippen LogP contribution in [-0.2, 0) is 4.74 Å². The lowest BCUT2D eigenvalue weighted by Gasteiger charge is -2.38. The molecule has 2 fully saturated rings. The molecular weight excluding hydrogens is 446 g/mol. The number of aromatic nitrogens is 2. The molecule has 2 saturated heterocycles. The zero-order valence-corrected chi connectivity index (χ0v) is 21.4. The molecule has 8 nitrogen and oxygen atoms in total. The number of benzene rings is 1. The Morgan fingerprint density at radius 2 is 1.59 bits per heavy atom. The maximum absolute atomic E-state index is 5.46. The van der Waals surface area contributed by atoms with Crippen LogP contribution in [0.15, 0.2) is 36.4 Å². The maximum atomic E-state index is 5.46. The van der Waals surface area contributed by atoms with Crippen molar-refractivity contribution in [2.75, 3.05) is 79.5 Å². The lowest BCUT2D eigenvalue weighted by Crippen LogP contribution is -2.47. The normalized spacial score (nSPS) is 20.9. The number of hydrogen-bond donors (Lipinski definition) is 2. The van der Waals surface area contributed by atoms with E-state index in [4.69, 9.17) is 26.9 Å². The number of piperidine rings is 1. The highest BCUT2D eigenvalue weighted by Gasteiger charge is 2.25. The lowest BCUT2D eigenvalue weighted by atomic mass is 9.92. The van der Waals surface area contributed by atoms with Crippen molar-refractivity contribution in [3.63, 3.8) is 0 Å². The molecule has 2 aromatic rings. The van der Waals surface area contributed by atoms with E-state index in [0.717, 1.165) is 50.9 Å². The number of anilines is 4. The van der Waals surface area contributed by atoms with Crippen LogP contribution < -0.4 is 25.3 Å². The van der Waals surface area contributed by atoms with E-state index < -0.39 is 0 Å². The summed E-state index contributed by atoms with van der Waals surface area (Å²) in [6.07, 6.45) is 1.26. The van der Waals surface area contributed by atoms with Crippen LogP contribution in [0.5, 0.6) is 0 Å². The molecule has 2 N–H and O–H groups in total. The fourth-order valence-corrected chi connectivity index (χ4v) is 5.09. The second kappa shape index (κ2) is 11.7. The summed E-state index contributed by atoms with van der Waals surface area (Å²) in [5.41, 5.74) is 1.27. The SMILES string of the molecule is COCCNC(=S)Nc1nc(N2CCN(c3ccccc3)CC2)cc(N2C[C@@H](C)C[C@H](C)C2)n1. The van der Waals surface area contributed by atoms with Crippen molar-refractivity contribution in [1.82, 2.24) is 15.3 Å². The Bertz CT molecular complexity index is 926. The number of para-hydroxylation sites is 1. The van der Waals surface area contributed by atoms with E-state index in [-0.39, 0.29) is 0 Å². The first-order chi connectivity index (χ1) is 16.5. The number of rotatable bonds is 7. The highest BCUT2D eigenvalue weighted by Crippen LogP contribution is 2.29. The molecule has 1 aromatic heterocycles. The van der Waals surface area contributed by atoms with Crippen LogP contribution in [0.1, 0.15) is 20.3 Å². The number of piperazine rings is 1. The van der Waals surface area contributed by atoms with Gasteiger partial charge in [-0.15, -0.1) is 0 Å². The van der Waals surface area contributed by atoms with Crippen molar-refractivity contribution in [2.45, 2.75) is 20.3 Å². The first-order valence-corrected chi connectivity index (χ1v) is 12.7. The molecule has 0 aliphatic carbocycles. The van der Waals surface area contributed by atoms with Crippen molar-refractivity contribution < 1.29 is 4.74 Å². The first kappa shape index (κ1) is 24.5. The summed E-state index contributed by atoms with van der Waals surface area (Å²) in [5, 5.41) is 6.85. The molecule has 0 spiro atoms. The monoisotopic (exact) mass is 483 g/mol. The highest BCUT2D eigenvalue weighted by atomic mass is 32.1. The average molecular weight is 484 g/mol. The standard InChI is InChI=1S/C25H37N7OS/c1-19-15-20(2)18-32(17-19)23-16-22(27-24(28-23)29-25(34)26-9-14-33-3)31-12-10-30(11-13-31)21-7-5-4-6-8-21/h4-8,16,19-20H,9-15,17-18H2,1-3H3,(H2,26,27,28,29,34)/t19-,20-/m0/s1. The molecule has 0 saturated carbocycles. The fourth-order valence-electron chi connectivity index (χ4n) is 4.90. The molecule has 3 heterocycles. The van der Waals surface area contributed by atoms with Gasteiger partial charge in [0, 0.05) is 64.7 Å². The van der Waals surface area contributed by atoms with Gasteiger partial charge in [-0.1, -0.05) is 32.0 Å². The smallest absolute Gasteiger partial charge is 0.232 e. The van der Waals surface area contributed by atoms with Crippen LogP contribution in [0, 0.1) is 11.8 Å². The summed E-state index contributed by atoms with van der Waals surface area (Å²) in [4.78, 5) is 16.9. The minimum atomic E-state index is 0.509. The summed E-state index contributed by atoms with van der Waals surface area (Å²) < 4.78 is 5.10. The molecule has 2 aliphatic heterocycles. The van der Waals surface area contributed by atoms with Gasteiger partial charge in [0.15, 0.2) is 5.11 Å². The number of nitrogens with zero attached hydrogens (tertiary/aromatic N) is 5. The quantitative estimate of drug-likeness (QED) is 0.456. The molecular formula is C25H37N7OS. The van der Waals surface area contributed by atoms with Crippen molar-refractivity contribution >= 4 is 40.6 Å². The Kier molecular flexibility index (Phi) is 8.39. The van der Waals surface area contributed by atoms with Crippen molar-refractivity contribution in [1.29, 1.82) is 0 Å². The van der Waals surface area contributed by atoms with Gasteiger partial charge in [0.1, 0.15) is 11.6 Å². The van der Waals surface area contributed by atoms with Gasteiger partial charge in [-0.3, -0.25) is 0 Å². The van der Waals surface area contributed by atoms with Gasteiger partial charge in [-0.05, 0) is 42.6 Å². The van der Waals surface area contributed by atoms with E-state index in [1.54, 1.807) is 7.11 Å². The largest absolute Gasteiger partial charge is 0.383 e. The highest BCUT2D eigenvalue weighted by molar-refractivity contribution is 7.80. The molecule has 0 amide bonds. The van der Waals surface area contributed by atoms with E-state index in [2.05, 4.69) is 75.6 Å². The van der Waals surface area contributed by atoms with E-state index >= 15 is 0 Å². The Morgan fingerprint density at radius 1 is 0.971 bits per heavy atom. The minimum absolute atomic E-state index is 0.509. The topological polar surface area (TPSA) is 68.8 Å². The summed E-state index contributed by atoms with van der Waals surface area (Å²) in [5.74, 6) is 3.75. The molecule has 1 aromatic carbocycles. The predicted molar refractivity (Wildman–Crippen MR) is 144 cm³/mol. The number of methoxy groups -OCH3 is 1. The maximum Gasteiger partial charge on any atom is 0.232 e. The van der Waals surface area contributed by atoms with Crippen molar-refractivity contribution in [3.8, 4) is 0 Å². The van der Waals surface area contributed by atoms with E-state index in [1.165, 1.54) is 12.1 Å². The molecule has 0 radical (unpaired) electrons. The number of ether oxygens (including phenoxy) is 1. The van der Waals surface area contributed by atoms with E-state index in [1.807, 2.05) is 0 Å². The molecule has 9 heteroatoms. The Balaban J connectivity index is 1.51. The van der Waals surface area contributed by atoms with E-state index in [9.17, 15) is 0 Å². The molecule has 0 unspecified atom stereocenters. The van der Waals surface area contributed by atoms with Crippen LogP contribution >= 0.6 is 12.2 Å². The van der Waals surface area contributed by atoms with Crippen molar-refractivity contribution in [3.05, 3.63) is 36.4 Å². The Morgan fingerprint density at radius 3 is 2.24 bits per heavy atom. The van der Waals surface area contributed by atoms with Crippen molar-refractivity contribution in [2.24, 2.45) is 11.8 Å². The number of hydrogen-bond acceptors (Lipinski definition) is 7. The second-order valence-corrected chi connectivity index (χ2v) is 9.85. The molecule has 4 rings (SSSR count). The average Bonchev–Trinajstić information content (AvgIpc) is 2.84. The fraction of sp³-hybridized carbons (Fsp3) is 0.560.